The Balaban J connectivity index is 0.000000219. The highest BCUT2D eigenvalue weighted by Crippen LogP contribution is 2.52. The average molecular weight is 785 g/mol. The van der Waals surface area contributed by atoms with Crippen molar-refractivity contribution >= 4 is 35.0 Å². The Kier molecular flexibility index (Phi) is 14.1. The second kappa shape index (κ2) is 18.5. The van der Waals surface area contributed by atoms with Gasteiger partial charge in [0.15, 0.2) is 5.78 Å². The minimum atomic E-state index is -4.11. The topological polar surface area (TPSA) is 84.0 Å². The molecule has 0 N–H and O–H groups in total. The largest absolute Gasteiger partial charge is 0.378 e. The molecule has 1 fully saturated rings. The summed E-state index contributed by atoms with van der Waals surface area (Å²) in [5.41, 5.74) is 7.14. The summed E-state index contributed by atoms with van der Waals surface area (Å²) in [6.07, 6.45) is 1.47. The minimum absolute atomic E-state index is 0.187. The van der Waals surface area contributed by atoms with Crippen molar-refractivity contribution in [2.45, 2.75) is 66.8 Å². The summed E-state index contributed by atoms with van der Waals surface area (Å²) in [6, 6.07) is 34.4. The van der Waals surface area contributed by atoms with E-state index in [1.165, 1.54) is 5.56 Å². The van der Waals surface area contributed by atoms with E-state index >= 15 is 0 Å². The molecule has 298 valence electrons. The number of rotatable bonds is 12. The van der Waals surface area contributed by atoms with Gasteiger partial charge in [-0.05, 0) is 121 Å². The number of anilines is 1. The maximum atomic E-state index is 14.5. The molecular weight excluding hydrogens is 728 g/mol. The quantitative estimate of drug-likeness (QED) is 0.0920. The first-order valence-electron chi connectivity index (χ1n) is 19.7. The molecule has 1 atom stereocenters. The molecule has 0 saturated carbocycles. The van der Waals surface area contributed by atoms with E-state index < -0.39 is 23.7 Å². The molecule has 1 aliphatic rings. The number of Topliss-reactive ketones (excluding diaryl/α,β-unsaturated/α-hetero) is 1. The van der Waals surface area contributed by atoms with Crippen molar-refractivity contribution in [3.63, 3.8) is 0 Å². The normalized spacial score (nSPS) is 14.0. The highest BCUT2D eigenvalue weighted by molar-refractivity contribution is 8.01. The highest BCUT2D eigenvalue weighted by atomic mass is 31.2. The SMILES string of the molecule is CCC(Cc1ccccc1)(C(=O)c1ccc(N2CCOCC2)cc1)N(C)C.Cc1cc(C)c(C(=O)P(=O)(C(=O)c2c(C)cc(C)cc2C)c2ccccc2)c(C)c1. The van der Waals surface area contributed by atoms with Crippen molar-refractivity contribution in [3.05, 3.63) is 165 Å². The van der Waals surface area contributed by atoms with Crippen LogP contribution in [0, 0.1) is 41.5 Å². The smallest absolute Gasteiger partial charge is 0.248 e. The van der Waals surface area contributed by atoms with Gasteiger partial charge < -0.3 is 14.2 Å². The lowest BCUT2D eigenvalue weighted by Gasteiger charge is -2.38. The van der Waals surface area contributed by atoms with Crippen LogP contribution in [-0.4, -0.2) is 67.7 Å². The van der Waals surface area contributed by atoms with E-state index in [2.05, 4.69) is 41.0 Å². The first kappa shape index (κ1) is 43.2. The van der Waals surface area contributed by atoms with Gasteiger partial charge in [0, 0.05) is 40.8 Å². The number of hydrogen-bond donors (Lipinski definition) is 0. The van der Waals surface area contributed by atoms with Crippen molar-refractivity contribution in [1.29, 1.82) is 0 Å². The summed E-state index contributed by atoms with van der Waals surface area (Å²) >= 11 is 0. The Morgan fingerprint density at radius 3 is 1.53 bits per heavy atom. The van der Waals surface area contributed by atoms with E-state index in [9.17, 15) is 18.9 Å². The van der Waals surface area contributed by atoms with Gasteiger partial charge >= 0.3 is 0 Å². The summed E-state index contributed by atoms with van der Waals surface area (Å²) in [7, 11) is -0.101. The van der Waals surface area contributed by atoms with Crippen LogP contribution in [0.1, 0.15) is 83.4 Å². The Bertz CT molecular complexity index is 2140. The van der Waals surface area contributed by atoms with Gasteiger partial charge in [0.05, 0.1) is 18.8 Å². The van der Waals surface area contributed by atoms with Crippen LogP contribution in [0.5, 0.6) is 0 Å². The Morgan fingerprint density at radius 1 is 0.667 bits per heavy atom. The molecule has 1 unspecified atom stereocenters. The summed E-state index contributed by atoms with van der Waals surface area (Å²) in [5, 5.41) is 0.277. The van der Waals surface area contributed by atoms with Gasteiger partial charge in [0.25, 0.3) is 0 Å². The molecular formula is C49H57N2O5P. The third-order valence-electron chi connectivity index (χ3n) is 11.2. The number of morpholine rings is 1. The zero-order valence-electron chi connectivity index (χ0n) is 35.0. The van der Waals surface area contributed by atoms with Crippen LogP contribution in [0.15, 0.2) is 109 Å². The van der Waals surface area contributed by atoms with Crippen LogP contribution in [0.3, 0.4) is 0 Å². The molecule has 1 heterocycles. The molecule has 0 amide bonds. The summed E-state index contributed by atoms with van der Waals surface area (Å²) in [5.74, 6) is 0.187. The van der Waals surface area contributed by atoms with Crippen molar-refractivity contribution in [2.75, 3.05) is 45.3 Å². The molecule has 0 spiro atoms. The lowest BCUT2D eigenvalue weighted by Crippen LogP contribution is -2.52. The molecule has 8 heteroatoms. The van der Waals surface area contributed by atoms with Crippen LogP contribution in [0.2, 0.25) is 0 Å². The third-order valence-corrected chi connectivity index (χ3v) is 13.8. The van der Waals surface area contributed by atoms with Crippen molar-refractivity contribution in [1.82, 2.24) is 4.90 Å². The van der Waals surface area contributed by atoms with Crippen molar-refractivity contribution < 1.29 is 23.7 Å². The Hall–Kier alpha value is -4.94. The van der Waals surface area contributed by atoms with Gasteiger partial charge in [0.2, 0.25) is 18.2 Å². The molecule has 57 heavy (non-hydrogen) atoms. The molecule has 0 aromatic heterocycles. The summed E-state index contributed by atoms with van der Waals surface area (Å²) in [6.45, 7) is 16.6. The molecule has 5 aromatic rings. The molecule has 5 aromatic carbocycles. The number of carbonyl (C=O) groups excluding carboxylic acids is 3. The van der Waals surface area contributed by atoms with E-state index in [0.29, 0.717) is 17.5 Å². The van der Waals surface area contributed by atoms with Gasteiger partial charge in [-0.15, -0.1) is 0 Å². The van der Waals surface area contributed by atoms with Crippen LogP contribution >= 0.6 is 7.14 Å². The Labute approximate surface area is 339 Å². The van der Waals surface area contributed by atoms with E-state index in [1.54, 1.807) is 30.3 Å². The van der Waals surface area contributed by atoms with Gasteiger partial charge in [-0.25, -0.2) is 0 Å². The predicted octanol–water partition coefficient (Wildman–Crippen LogP) is 9.87. The van der Waals surface area contributed by atoms with Crippen LogP contribution < -0.4 is 10.2 Å². The fourth-order valence-electron chi connectivity index (χ4n) is 8.20. The molecule has 1 saturated heterocycles. The van der Waals surface area contributed by atoms with E-state index in [-0.39, 0.29) is 11.1 Å². The minimum Gasteiger partial charge on any atom is -0.378 e. The van der Waals surface area contributed by atoms with Gasteiger partial charge in [-0.1, -0.05) is 103 Å². The van der Waals surface area contributed by atoms with Crippen LogP contribution in [0.25, 0.3) is 0 Å². The van der Waals surface area contributed by atoms with Gasteiger partial charge in [0.1, 0.15) is 0 Å². The Morgan fingerprint density at radius 2 is 1.11 bits per heavy atom. The molecule has 0 radical (unpaired) electrons. The zero-order chi connectivity index (χ0) is 41.5. The standard InChI is InChI=1S/C26H27O3P.C23H30N2O2/c1-16-12-18(3)23(19(4)13-16)25(27)30(29,22-10-8-7-9-11-22)26(28)24-20(5)14-17(2)15-21(24)6;1-4-23(24(2)3,18-19-8-6-5-7-9-19)22(26)20-10-12-21(13-11-20)25-14-16-27-17-15-25/h7-15H,1-6H3;5-13H,4,14-18H2,1-3H3. The summed E-state index contributed by atoms with van der Waals surface area (Å²) < 4.78 is 19.9. The molecule has 0 bridgehead atoms. The second-order valence-corrected chi connectivity index (χ2v) is 18.1. The number of likely N-dealkylation sites (N-methyl/N-ethyl adjacent to an activating group) is 1. The van der Waals surface area contributed by atoms with Gasteiger partial charge in [-0.2, -0.15) is 0 Å². The fraction of sp³-hybridized carbons (Fsp3) is 0.327. The van der Waals surface area contributed by atoms with Crippen molar-refractivity contribution in [3.8, 4) is 0 Å². The first-order chi connectivity index (χ1) is 27.1. The number of benzene rings is 5. The number of ether oxygens (including phenoxy) is 1. The maximum absolute atomic E-state index is 14.5. The monoisotopic (exact) mass is 784 g/mol. The van der Waals surface area contributed by atoms with Crippen LogP contribution in [0.4, 0.5) is 5.69 Å². The van der Waals surface area contributed by atoms with Crippen molar-refractivity contribution in [2.24, 2.45) is 0 Å². The third kappa shape index (κ3) is 9.28. The molecule has 1 aliphatic heterocycles. The van der Waals surface area contributed by atoms with E-state index in [4.69, 9.17) is 4.74 Å². The lowest BCUT2D eigenvalue weighted by atomic mass is 9.80. The number of nitrogens with zero attached hydrogens (tertiary/aromatic N) is 2. The number of hydrogen-bond acceptors (Lipinski definition) is 7. The highest BCUT2D eigenvalue weighted by Gasteiger charge is 2.45. The van der Waals surface area contributed by atoms with E-state index in [0.717, 1.165) is 77.4 Å². The average Bonchev–Trinajstić information content (AvgIpc) is 3.19. The first-order valence-corrected chi connectivity index (χ1v) is 21.4. The van der Waals surface area contributed by atoms with E-state index in [1.807, 2.05) is 110 Å². The lowest BCUT2D eigenvalue weighted by molar-refractivity contribution is 0.0666. The number of carbonyl (C=O) groups is 3. The number of ketones is 1. The number of aryl methyl sites for hydroxylation is 6. The molecule has 0 aliphatic carbocycles. The molecule has 6 rings (SSSR count). The molecule has 7 nitrogen and oxygen atoms in total. The zero-order valence-corrected chi connectivity index (χ0v) is 35.9. The van der Waals surface area contributed by atoms with Crippen LogP contribution in [-0.2, 0) is 15.7 Å². The second-order valence-electron chi connectivity index (χ2n) is 15.5. The summed E-state index contributed by atoms with van der Waals surface area (Å²) in [4.78, 5) is 45.6. The maximum Gasteiger partial charge on any atom is 0.248 e. The predicted molar refractivity (Wildman–Crippen MR) is 234 cm³/mol. The fourth-order valence-corrected chi connectivity index (χ4v) is 10.8. The van der Waals surface area contributed by atoms with Gasteiger partial charge in [-0.3, -0.25) is 19.3 Å².